The van der Waals surface area contributed by atoms with Gasteiger partial charge in [-0.3, -0.25) is 10.1 Å². The summed E-state index contributed by atoms with van der Waals surface area (Å²) in [6.45, 7) is 2.25. The van der Waals surface area contributed by atoms with Crippen molar-refractivity contribution in [3.8, 4) is 17.2 Å². The Morgan fingerprint density at radius 1 is 1.15 bits per heavy atom. The molecule has 0 saturated carbocycles. The van der Waals surface area contributed by atoms with Crippen molar-refractivity contribution in [3.05, 3.63) is 48.0 Å². The first-order valence-electron chi connectivity index (χ1n) is 8.45. The highest BCUT2D eigenvalue weighted by Crippen LogP contribution is 2.35. The van der Waals surface area contributed by atoms with Gasteiger partial charge in [-0.05, 0) is 36.8 Å². The molecule has 8 nitrogen and oxygen atoms in total. The first-order chi connectivity index (χ1) is 13.0. The molecule has 0 spiro atoms. The third kappa shape index (κ3) is 4.81. The van der Waals surface area contributed by atoms with Crippen LogP contribution < -0.4 is 30.2 Å². The Kier molecular flexibility index (Phi) is 5.65. The zero-order chi connectivity index (χ0) is 19.2. The number of hydrogen-bond acceptors (Lipinski definition) is 6. The minimum absolute atomic E-state index is 0.220. The molecule has 3 N–H and O–H groups in total. The summed E-state index contributed by atoms with van der Waals surface area (Å²) < 4.78 is 16.4. The van der Waals surface area contributed by atoms with Crippen LogP contribution in [-0.4, -0.2) is 31.8 Å². The van der Waals surface area contributed by atoms with Crippen molar-refractivity contribution in [2.75, 3.05) is 19.2 Å². The Labute approximate surface area is 156 Å². The molecule has 1 unspecified atom stereocenters. The maximum atomic E-state index is 11.9. The Bertz CT molecular complexity index is 840. The molecule has 0 bridgehead atoms. The van der Waals surface area contributed by atoms with Crippen molar-refractivity contribution >= 4 is 17.6 Å². The fourth-order valence-electron chi connectivity index (χ4n) is 2.48. The van der Waals surface area contributed by atoms with E-state index in [1.54, 1.807) is 13.0 Å². The molecule has 0 aromatic heterocycles. The molecular weight excluding hydrogens is 350 g/mol. The number of urea groups is 1. The molecule has 27 heavy (non-hydrogen) atoms. The number of benzene rings is 2. The molecule has 0 saturated heterocycles. The van der Waals surface area contributed by atoms with Crippen LogP contribution >= 0.6 is 0 Å². The first-order valence-corrected chi connectivity index (χ1v) is 8.45. The van der Waals surface area contributed by atoms with Crippen molar-refractivity contribution in [1.82, 2.24) is 10.6 Å². The number of hydrogen-bond donors (Lipinski definition) is 3. The van der Waals surface area contributed by atoms with Crippen LogP contribution in [0.3, 0.4) is 0 Å². The van der Waals surface area contributed by atoms with Gasteiger partial charge in [0.15, 0.2) is 11.5 Å². The molecule has 0 radical (unpaired) electrons. The van der Waals surface area contributed by atoms with Gasteiger partial charge in [-0.2, -0.15) is 0 Å². The highest BCUT2D eigenvalue weighted by atomic mass is 16.7. The number of imide groups is 1. The zero-order valence-corrected chi connectivity index (χ0v) is 15.1. The summed E-state index contributed by atoms with van der Waals surface area (Å²) in [6, 6.07) is 11.8. The molecule has 142 valence electrons. The number of rotatable bonds is 6. The van der Waals surface area contributed by atoms with Crippen LogP contribution in [0.1, 0.15) is 12.5 Å². The first kappa shape index (κ1) is 18.4. The highest BCUT2D eigenvalue weighted by molar-refractivity contribution is 5.97. The van der Waals surface area contributed by atoms with Gasteiger partial charge in [0.25, 0.3) is 0 Å². The van der Waals surface area contributed by atoms with Gasteiger partial charge >= 0.3 is 6.03 Å². The lowest BCUT2D eigenvalue weighted by molar-refractivity contribution is -0.120. The summed E-state index contributed by atoms with van der Waals surface area (Å²) in [5.41, 5.74) is 1.68. The summed E-state index contributed by atoms with van der Waals surface area (Å²) in [5, 5.41) is 7.63. The summed E-state index contributed by atoms with van der Waals surface area (Å²) in [4.78, 5) is 23.1. The lowest BCUT2D eigenvalue weighted by Crippen LogP contribution is -2.44. The van der Waals surface area contributed by atoms with Gasteiger partial charge in [-0.15, -0.1) is 0 Å². The molecule has 1 aliphatic rings. The van der Waals surface area contributed by atoms with Crippen molar-refractivity contribution < 1.29 is 23.8 Å². The molecule has 3 rings (SSSR count). The van der Waals surface area contributed by atoms with E-state index in [4.69, 9.17) is 14.2 Å². The van der Waals surface area contributed by atoms with E-state index in [1.807, 2.05) is 36.4 Å². The van der Waals surface area contributed by atoms with E-state index in [-0.39, 0.29) is 6.79 Å². The van der Waals surface area contributed by atoms with Gasteiger partial charge in [-0.25, -0.2) is 4.79 Å². The number of ether oxygens (including phenoxy) is 3. The maximum Gasteiger partial charge on any atom is 0.321 e. The average molecular weight is 371 g/mol. The van der Waals surface area contributed by atoms with E-state index in [0.717, 1.165) is 11.3 Å². The number of nitrogens with one attached hydrogen (secondary N) is 3. The monoisotopic (exact) mass is 371 g/mol. The van der Waals surface area contributed by atoms with Crippen molar-refractivity contribution in [2.24, 2.45) is 0 Å². The molecule has 1 heterocycles. The van der Waals surface area contributed by atoms with Crippen LogP contribution in [0.4, 0.5) is 10.5 Å². The topological polar surface area (TPSA) is 97.9 Å². The van der Waals surface area contributed by atoms with Crippen molar-refractivity contribution in [3.63, 3.8) is 0 Å². The second kappa shape index (κ2) is 8.31. The quantitative estimate of drug-likeness (QED) is 0.721. The van der Waals surface area contributed by atoms with E-state index in [2.05, 4.69) is 16.0 Å². The number of carbonyl (C=O) groups excluding carboxylic acids is 2. The van der Waals surface area contributed by atoms with Gasteiger partial charge < -0.3 is 24.8 Å². The van der Waals surface area contributed by atoms with Crippen molar-refractivity contribution in [2.45, 2.75) is 19.6 Å². The highest BCUT2D eigenvalue weighted by Gasteiger charge is 2.15. The second-order valence-corrected chi connectivity index (χ2v) is 5.94. The Morgan fingerprint density at radius 3 is 2.78 bits per heavy atom. The molecule has 8 heteroatoms. The Hall–Kier alpha value is -3.42. The molecule has 1 aliphatic heterocycles. The molecule has 2 aromatic rings. The summed E-state index contributed by atoms with van der Waals surface area (Å²) in [6.07, 6.45) is 0. The van der Waals surface area contributed by atoms with E-state index >= 15 is 0 Å². The predicted octanol–water partition coefficient (Wildman–Crippen LogP) is 2.25. The second-order valence-electron chi connectivity index (χ2n) is 5.94. The van der Waals surface area contributed by atoms with Gasteiger partial charge in [0.1, 0.15) is 18.4 Å². The lowest BCUT2D eigenvalue weighted by atomic mass is 10.2. The smallest absolute Gasteiger partial charge is 0.321 e. The number of fused-ring (bicyclic) bond motifs is 1. The molecule has 2 aromatic carbocycles. The van der Waals surface area contributed by atoms with Crippen LogP contribution in [0, 0.1) is 0 Å². The van der Waals surface area contributed by atoms with Gasteiger partial charge in [-0.1, -0.05) is 12.1 Å². The largest absolute Gasteiger partial charge is 0.489 e. The molecule has 3 amide bonds. The molecular formula is C19H21N3O5. The predicted molar refractivity (Wildman–Crippen MR) is 99.0 cm³/mol. The number of carbonyl (C=O) groups is 2. The fourth-order valence-corrected chi connectivity index (χ4v) is 2.48. The third-order valence-electron chi connectivity index (χ3n) is 3.92. The zero-order valence-electron chi connectivity index (χ0n) is 15.1. The van der Waals surface area contributed by atoms with E-state index in [9.17, 15) is 9.59 Å². The maximum absolute atomic E-state index is 11.9. The molecule has 0 fully saturated rings. The number of anilines is 1. The lowest BCUT2D eigenvalue weighted by Gasteiger charge is -2.15. The Morgan fingerprint density at radius 2 is 1.96 bits per heavy atom. The third-order valence-corrected chi connectivity index (χ3v) is 3.92. The minimum Gasteiger partial charge on any atom is -0.489 e. The van der Waals surface area contributed by atoms with E-state index in [0.29, 0.717) is 23.9 Å². The van der Waals surface area contributed by atoms with Crippen molar-refractivity contribution in [1.29, 1.82) is 0 Å². The average Bonchev–Trinajstić information content (AvgIpc) is 3.14. The minimum atomic E-state index is -0.577. The van der Waals surface area contributed by atoms with Crippen LogP contribution in [-0.2, 0) is 11.4 Å². The van der Waals surface area contributed by atoms with E-state index < -0.39 is 18.0 Å². The number of amides is 3. The van der Waals surface area contributed by atoms with Crippen LogP contribution in [0.25, 0.3) is 0 Å². The standard InChI is InChI=1S/C19H21N3O5/c1-12(18(23)22-19(24)20-2)21-14-5-3-4-13(8-14)10-25-15-6-7-16-17(9-15)27-11-26-16/h3-9,12,21H,10-11H2,1-2H3,(H2,20,22,23,24). The van der Waals surface area contributed by atoms with Crippen LogP contribution in [0.5, 0.6) is 17.2 Å². The Balaban J connectivity index is 1.57. The summed E-state index contributed by atoms with van der Waals surface area (Å²) in [5.74, 6) is 1.63. The molecule has 0 aliphatic carbocycles. The van der Waals surface area contributed by atoms with Gasteiger partial charge in [0.2, 0.25) is 12.7 Å². The van der Waals surface area contributed by atoms with Crippen LogP contribution in [0.15, 0.2) is 42.5 Å². The van der Waals surface area contributed by atoms with Crippen LogP contribution in [0.2, 0.25) is 0 Å². The van der Waals surface area contributed by atoms with Gasteiger partial charge in [0, 0.05) is 18.8 Å². The SMILES string of the molecule is CNC(=O)NC(=O)C(C)Nc1cccc(COc2ccc3c(c2)OCO3)c1. The summed E-state index contributed by atoms with van der Waals surface area (Å²) in [7, 11) is 1.45. The fraction of sp³-hybridized carbons (Fsp3) is 0.263. The molecule has 1 atom stereocenters. The van der Waals surface area contributed by atoms with E-state index in [1.165, 1.54) is 7.05 Å². The van der Waals surface area contributed by atoms with Gasteiger partial charge in [0.05, 0.1) is 0 Å². The summed E-state index contributed by atoms with van der Waals surface area (Å²) >= 11 is 0. The normalized spacial score (nSPS) is 12.8.